The molecular weight excluding hydrogens is 226 g/mol. The molecule has 0 N–H and O–H groups in total. The first-order chi connectivity index (χ1) is 7.69. The molecule has 0 saturated heterocycles. The molecule has 5 heteroatoms. The van der Waals surface area contributed by atoms with Crippen LogP contribution in [0.15, 0.2) is 12.3 Å². The Kier molecular flexibility index (Phi) is 5.32. The van der Waals surface area contributed by atoms with Gasteiger partial charge in [-0.3, -0.25) is 0 Å². The van der Waals surface area contributed by atoms with Crippen molar-refractivity contribution in [3.05, 3.63) is 12.3 Å². The van der Waals surface area contributed by atoms with Crippen molar-refractivity contribution < 1.29 is 4.74 Å². The van der Waals surface area contributed by atoms with E-state index in [9.17, 15) is 0 Å². The van der Waals surface area contributed by atoms with E-state index in [-0.39, 0.29) is 0 Å². The predicted molar refractivity (Wildman–Crippen MR) is 66.4 cm³/mol. The lowest BCUT2D eigenvalue weighted by molar-refractivity contribution is 0.326. The second-order valence-corrected chi connectivity index (χ2v) is 3.98. The molecule has 0 radical (unpaired) electrons. The molecule has 0 saturated carbocycles. The third-order valence-electron chi connectivity index (χ3n) is 2.12. The SMILES string of the molecule is CCOc1ccnc(N(CCCl)C(C)C)n1. The van der Waals surface area contributed by atoms with Gasteiger partial charge in [-0.15, -0.1) is 11.6 Å². The van der Waals surface area contributed by atoms with Gasteiger partial charge in [0.25, 0.3) is 0 Å². The molecule has 0 amide bonds. The zero-order valence-electron chi connectivity index (χ0n) is 9.98. The molecule has 0 aliphatic rings. The van der Waals surface area contributed by atoms with Gasteiger partial charge in [-0.25, -0.2) is 4.98 Å². The minimum Gasteiger partial charge on any atom is -0.478 e. The number of anilines is 1. The molecule has 1 heterocycles. The van der Waals surface area contributed by atoms with Gasteiger partial charge in [0.15, 0.2) is 0 Å². The van der Waals surface area contributed by atoms with Gasteiger partial charge in [-0.2, -0.15) is 4.98 Å². The molecule has 0 spiro atoms. The van der Waals surface area contributed by atoms with E-state index in [1.807, 2.05) is 6.92 Å². The average Bonchev–Trinajstić information content (AvgIpc) is 2.26. The van der Waals surface area contributed by atoms with Crippen molar-refractivity contribution >= 4 is 17.5 Å². The van der Waals surface area contributed by atoms with E-state index < -0.39 is 0 Å². The molecule has 0 unspecified atom stereocenters. The minimum atomic E-state index is 0.315. The molecule has 1 aromatic rings. The molecule has 0 aromatic carbocycles. The van der Waals surface area contributed by atoms with Crippen LogP contribution in [0.1, 0.15) is 20.8 Å². The molecule has 0 fully saturated rings. The summed E-state index contributed by atoms with van der Waals surface area (Å²) in [6, 6.07) is 2.07. The predicted octanol–water partition coefficient (Wildman–Crippen LogP) is 2.33. The van der Waals surface area contributed by atoms with E-state index in [4.69, 9.17) is 16.3 Å². The van der Waals surface area contributed by atoms with E-state index in [2.05, 4.69) is 28.7 Å². The first-order valence-corrected chi connectivity index (χ1v) is 6.01. The largest absolute Gasteiger partial charge is 0.478 e. The van der Waals surface area contributed by atoms with Crippen LogP contribution in [0.25, 0.3) is 0 Å². The van der Waals surface area contributed by atoms with Gasteiger partial charge in [0.05, 0.1) is 6.61 Å². The van der Waals surface area contributed by atoms with Gasteiger partial charge in [-0.1, -0.05) is 0 Å². The number of hydrogen-bond donors (Lipinski definition) is 0. The van der Waals surface area contributed by atoms with Gasteiger partial charge < -0.3 is 9.64 Å². The fourth-order valence-electron chi connectivity index (χ4n) is 1.38. The number of rotatable bonds is 6. The number of nitrogens with zero attached hydrogens (tertiary/aromatic N) is 3. The van der Waals surface area contributed by atoms with E-state index in [1.165, 1.54) is 0 Å². The summed E-state index contributed by atoms with van der Waals surface area (Å²) in [5.41, 5.74) is 0. The molecule has 1 rings (SSSR count). The Morgan fingerprint density at radius 3 is 2.81 bits per heavy atom. The van der Waals surface area contributed by atoms with Crippen molar-refractivity contribution in [3.8, 4) is 5.88 Å². The molecule has 4 nitrogen and oxygen atoms in total. The number of ether oxygens (including phenoxy) is 1. The van der Waals surface area contributed by atoms with Crippen molar-refractivity contribution in [1.29, 1.82) is 0 Å². The maximum atomic E-state index is 5.76. The van der Waals surface area contributed by atoms with Crippen molar-refractivity contribution in [2.24, 2.45) is 0 Å². The molecule has 16 heavy (non-hydrogen) atoms. The highest BCUT2D eigenvalue weighted by atomic mass is 35.5. The summed E-state index contributed by atoms with van der Waals surface area (Å²) in [6.07, 6.45) is 1.71. The van der Waals surface area contributed by atoms with Crippen LogP contribution in [-0.4, -0.2) is 35.0 Å². The second kappa shape index (κ2) is 6.53. The zero-order chi connectivity index (χ0) is 12.0. The van der Waals surface area contributed by atoms with Crippen LogP contribution in [0.2, 0.25) is 0 Å². The molecule has 90 valence electrons. The van der Waals surface area contributed by atoms with Gasteiger partial charge >= 0.3 is 0 Å². The van der Waals surface area contributed by atoms with E-state index in [0.717, 1.165) is 6.54 Å². The number of aromatic nitrogens is 2. The van der Waals surface area contributed by atoms with Gasteiger partial charge in [-0.05, 0) is 20.8 Å². The van der Waals surface area contributed by atoms with E-state index >= 15 is 0 Å². The van der Waals surface area contributed by atoms with Crippen molar-refractivity contribution in [1.82, 2.24) is 9.97 Å². The summed E-state index contributed by atoms with van der Waals surface area (Å²) < 4.78 is 5.34. The van der Waals surface area contributed by atoms with Crippen LogP contribution in [0.4, 0.5) is 5.95 Å². The Balaban J connectivity index is 2.86. The van der Waals surface area contributed by atoms with Gasteiger partial charge in [0.2, 0.25) is 11.8 Å². The third kappa shape index (κ3) is 3.52. The second-order valence-electron chi connectivity index (χ2n) is 3.60. The Labute approximate surface area is 102 Å². The lowest BCUT2D eigenvalue weighted by Gasteiger charge is -2.25. The van der Waals surface area contributed by atoms with Crippen LogP contribution < -0.4 is 9.64 Å². The molecule has 0 bridgehead atoms. The normalized spacial score (nSPS) is 10.6. The monoisotopic (exact) mass is 243 g/mol. The lowest BCUT2D eigenvalue weighted by Crippen LogP contribution is -2.34. The number of halogens is 1. The quantitative estimate of drug-likeness (QED) is 0.719. The molecule has 0 aliphatic carbocycles. The molecule has 1 aromatic heterocycles. The Morgan fingerprint density at radius 1 is 1.50 bits per heavy atom. The van der Waals surface area contributed by atoms with Gasteiger partial charge in [0, 0.05) is 30.7 Å². The first kappa shape index (κ1) is 13.0. The standard InChI is InChI=1S/C11H18ClN3O/c1-4-16-10-5-7-13-11(14-10)15(8-6-12)9(2)3/h5,7,9H,4,6,8H2,1-3H3. The van der Waals surface area contributed by atoms with Crippen molar-refractivity contribution in [2.75, 3.05) is 23.9 Å². The maximum absolute atomic E-state index is 5.76. The Hall–Kier alpha value is -1.03. The molecule has 0 atom stereocenters. The summed E-state index contributed by atoms with van der Waals surface area (Å²) in [4.78, 5) is 10.6. The molecule has 0 aliphatic heterocycles. The Morgan fingerprint density at radius 2 is 2.25 bits per heavy atom. The van der Waals surface area contributed by atoms with Crippen LogP contribution in [0.5, 0.6) is 5.88 Å². The topological polar surface area (TPSA) is 38.2 Å². The third-order valence-corrected chi connectivity index (χ3v) is 2.28. The van der Waals surface area contributed by atoms with Crippen molar-refractivity contribution in [2.45, 2.75) is 26.8 Å². The summed E-state index contributed by atoms with van der Waals surface area (Å²) in [5, 5.41) is 0. The fraction of sp³-hybridized carbons (Fsp3) is 0.636. The highest BCUT2D eigenvalue weighted by Crippen LogP contribution is 2.15. The van der Waals surface area contributed by atoms with E-state index in [0.29, 0.717) is 30.4 Å². The summed E-state index contributed by atoms with van der Waals surface area (Å²) in [5.74, 6) is 1.83. The fourth-order valence-corrected chi connectivity index (χ4v) is 1.56. The van der Waals surface area contributed by atoms with Crippen LogP contribution >= 0.6 is 11.6 Å². The van der Waals surface area contributed by atoms with Crippen LogP contribution in [-0.2, 0) is 0 Å². The maximum Gasteiger partial charge on any atom is 0.228 e. The summed E-state index contributed by atoms with van der Waals surface area (Å²) >= 11 is 5.76. The van der Waals surface area contributed by atoms with E-state index in [1.54, 1.807) is 12.3 Å². The van der Waals surface area contributed by atoms with Gasteiger partial charge in [0.1, 0.15) is 0 Å². The summed E-state index contributed by atoms with van der Waals surface area (Å²) in [7, 11) is 0. The number of hydrogen-bond acceptors (Lipinski definition) is 4. The Bertz CT molecular complexity index is 320. The molecular formula is C11H18ClN3O. The first-order valence-electron chi connectivity index (χ1n) is 5.47. The smallest absolute Gasteiger partial charge is 0.228 e. The minimum absolute atomic E-state index is 0.315. The number of alkyl halides is 1. The lowest BCUT2D eigenvalue weighted by atomic mass is 10.3. The average molecular weight is 244 g/mol. The summed E-state index contributed by atoms with van der Waals surface area (Å²) in [6.45, 7) is 7.44. The highest BCUT2D eigenvalue weighted by molar-refractivity contribution is 6.18. The zero-order valence-corrected chi connectivity index (χ0v) is 10.7. The van der Waals surface area contributed by atoms with Crippen molar-refractivity contribution in [3.63, 3.8) is 0 Å². The van der Waals surface area contributed by atoms with Crippen LogP contribution in [0.3, 0.4) is 0 Å². The van der Waals surface area contributed by atoms with Crippen LogP contribution in [0, 0.1) is 0 Å². The highest BCUT2D eigenvalue weighted by Gasteiger charge is 2.13.